The van der Waals surface area contributed by atoms with Gasteiger partial charge in [-0.25, -0.2) is 4.79 Å². The van der Waals surface area contributed by atoms with Gasteiger partial charge in [0.2, 0.25) is 0 Å². The molecule has 0 aliphatic carbocycles. The zero-order valence-corrected chi connectivity index (χ0v) is 31.9. The van der Waals surface area contributed by atoms with Crippen LogP contribution in [0.5, 0.6) is 0 Å². The predicted molar refractivity (Wildman–Crippen MR) is 194 cm³/mol. The fourth-order valence-electron chi connectivity index (χ4n) is 5.48. The number of likely N-dealkylation sites (N-methyl/N-ethyl adjacent to an activating group) is 1. The van der Waals surface area contributed by atoms with Gasteiger partial charge in [-0.3, -0.25) is 9.59 Å². The third kappa shape index (κ3) is 32.8. The van der Waals surface area contributed by atoms with Crippen LogP contribution in [0.3, 0.4) is 0 Å². The number of aliphatic carboxylic acids is 1. The van der Waals surface area contributed by atoms with E-state index in [4.69, 9.17) is 18.9 Å². The Labute approximate surface area is 294 Å². The van der Waals surface area contributed by atoms with E-state index in [-0.39, 0.29) is 32.2 Å². The molecule has 1 N–H and O–H groups in total. The molecule has 0 aromatic rings. The molecule has 0 aliphatic heterocycles. The van der Waals surface area contributed by atoms with Crippen LogP contribution in [0.4, 0.5) is 0 Å². The van der Waals surface area contributed by atoms with Crippen molar-refractivity contribution in [2.45, 2.75) is 187 Å². The second-order valence-corrected chi connectivity index (χ2v) is 14.6. The molecule has 0 fully saturated rings. The Balaban J connectivity index is 4.45. The number of esters is 2. The van der Waals surface area contributed by atoms with Crippen molar-refractivity contribution in [1.82, 2.24) is 0 Å². The standard InChI is InChI=1S/C39H75NO8/c1-6-8-10-12-14-16-17-18-19-20-21-22-24-26-28-30-37(42)48-35(34-47-39(38(43)44)45-32-31-40(3,4)5)33-46-36(41)29-27-25-23-15-13-11-9-7-2/h35,39H,6-34H2,1-5H3/p+1. The summed E-state index contributed by atoms with van der Waals surface area (Å²) < 4.78 is 22.6. The number of hydrogen-bond acceptors (Lipinski definition) is 7. The van der Waals surface area contributed by atoms with Gasteiger partial charge in [0.15, 0.2) is 6.10 Å². The summed E-state index contributed by atoms with van der Waals surface area (Å²) in [4.78, 5) is 36.8. The van der Waals surface area contributed by atoms with E-state index in [9.17, 15) is 19.5 Å². The quantitative estimate of drug-likeness (QED) is 0.0301. The Bertz CT molecular complexity index is 770. The molecule has 9 nitrogen and oxygen atoms in total. The van der Waals surface area contributed by atoms with Crippen molar-refractivity contribution in [3.63, 3.8) is 0 Å². The Morgan fingerprint density at radius 2 is 0.938 bits per heavy atom. The molecule has 48 heavy (non-hydrogen) atoms. The van der Waals surface area contributed by atoms with Gasteiger partial charge >= 0.3 is 17.9 Å². The van der Waals surface area contributed by atoms with Gasteiger partial charge in [0.1, 0.15) is 13.2 Å². The molecule has 0 amide bonds. The minimum Gasteiger partial charge on any atom is -0.477 e. The van der Waals surface area contributed by atoms with Crippen molar-refractivity contribution >= 4 is 17.9 Å². The molecule has 0 aliphatic rings. The summed E-state index contributed by atoms with van der Waals surface area (Å²) in [6.45, 7) is 4.84. The normalized spacial score (nSPS) is 12.9. The van der Waals surface area contributed by atoms with Crippen LogP contribution in [0.2, 0.25) is 0 Å². The monoisotopic (exact) mass is 687 g/mol. The average Bonchev–Trinajstić information content (AvgIpc) is 3.03. The van der Waals surface area contributed by atoms with Crippen molar-refractivity contribution in [3.05, 3.63) is 0 Å². The Morgan fingerprint density at radius 3 is 1.33 bits per heavy atom. The van der Waals surface area contributed by atoms with Crippen LogP contribution in [0.1, 0.15) is 174 Å². The van der Waals surface area contributed by atoms with Gasteiger partial charge in [-0.1, -0.05) is 149 Å². The molecule has 0 rings (SSSR count). The Hall–Kier alpha value is -1.71. The number of carboxylic acids is 1. The highest BCUT2D eigenvalue weighted by Crippen LogP contribution is 2.15. The molecule has 0 spiro atoms. The minimum atomic E-state index is -1.50. The van der Waals surface area contributed by atoms with E-state index >= 15 is 0 Å². The number of hydrogen-bond donors (Lipinski definition) is 1. The summed E-state index contributed by atoms with van der Waals surface area (Å²) in [5.41, 5.74) is 0. The number of ether oxygens (including phenoxy) is 4. The maximum absolute atomic E-state index is 12.7. The van der Waals surface area contributed by atoms with Crippen molar-refractivity contribution in [3.8, 4) is 0 Å². The summed E-state index contributed by atoms with van der Waals surface area (Å²) in [7, 11) is 5.95. The topological polar surface area (TPSA) is 108 Å². The summed E-state index contributed by atoms with van der Waals surface area (Å²) in [5.74, 6) is -2.00. The summed E-state index contributed by atoms with van der Waals surface area (Å²) in [5, 5.41) is 9.57. The van der Waals surface area contributed by atoms with Gasteiger partial charge in [-0.05, 0) is 12.8 Å². The number of carboxylic acid groups (broad SMARTS) is 1. The van der Waals surface area contributed by atoms with Crippen molar-refractivity contribution < 1.29 is 42.9 Å². The maximum atomic E-state index is 12.7. The molecular formula is C39H76NO8+. The first-order chi connectivity index (χ1) is 23.1. The summed E-state index contributed by atoms with van der Waals surface area (Å²) >= 11 is 0. The lowest BCUT2D eigenvalue weighted by molar-refractivity contribution is -0.870. The largest absolute Gasteiger partial charge is 0.477 e. The van der Waals surface area contributed by atoms with E-state index < -0.39 is 24.3 Å². The third-order valence-electron chi connectivity index (χ3n) is 8.61. The number of rotatable bonds is 36. The third-order valence-corrected chi connectivity index (χ3v) is 8.61. The molecule has 9 heteroatoms. The molecule has 0 bridgehead atoms. The van der Waals surface area contributed by atoms with E-state index in [1.165, 1.54) is 109 Å². The molecule has 0 saturated carbocycles. The minimum absolute atomic E-state index is 0.175. The fraction of sp³-hybridized carbons (Fsp3) is 0.923. The Morgan fingerprint density at radius 1 is 0.542 bits per heavy atom. The Kier molecular flexibility index (Phi) is 31.3. The first kappa shape index (κ1) is 46.3. The molecular weight excluding hydrogens is 610 g/mol. The summed E-state index contributed by atoms with van der Waals surface area (Å²) in [6.07, 6.45) is 25.9. The molecule has 0 radical (unpaired) electrons. The van der Waals surface area contributed by atoms with Gasteiger partial charge in [0, 0.05) is 12.8 Å². The zero-order valence-electron chi connectivity index (χ0n) is 31.9. The number of nitrogens with zero attached hydrogens (tertiary/aromatic N) is 1. The van der Waals surface area contributed by atoms with Crippen LogP contribution < -0.4 is 0 Å². The van der Waals surface area contributed by atoms with Gasteiger partial charge < -0.3 is 28.5 Å². The van der Waals surface area contributed by atoms with E-state index in [2.05, 4.69) is 13.8 Å². The summed E-state index contributed by atoms with van der Waals surface area (Å²) in [6, 6.07) is 0. The molecule has 2 atom stereocenters. The number of carbonyl (C=O) groups excluding carboxylic acids is 2. The highest BCUT2D eigenvalue weighted by atomic mass is 16.7. The second-order valence-electron chi connectivity index (χ2n) is 14.6. The molecule has 0 aromatic heterocycles. The lowest BCUT2D eigenvalue weighted by Crippen LogP contribution is -2.40. The molecule has 0 saturated heterocycles. The predicted octanol–water partition coefficient (Wildman–Crippen LogP) is 9.38. The fourth-order valence-corrected chi connectivity index (χ4v) is 5.48. The number of unbranched alkanes of at least 4 members (excludes halogenated alkanes) is 21. The molecule has 284 valence electrons. The SMILES string of the molecule is CCCCCCCCCCCCCCCCCC(=O)OC(COC(=O)CCCCCCCCCC)COC(OCC[N+](C)(C)C)C(=O)O. The van der Waals surface area contributed by atoms with Crippen LogP contribution >= 0.6 is 0 Å². The van der Waals surface area contributed by atoms with Crippen LogP contribution in [0.15, 0.2) is 0 Å². The molecule has 0 heterocycles. The number of carbonyl (C=O) groups is 3. The van der Waals surface area contributed by atoms with E-state index in [1.807, 2.05) is 21.1 Å². The first-order valence-electron chi connectivity index (χ1n) is 19.7. The lowest BCUT2D eigenvalue weighted by Gasteiger charge is -2.25. The van der Waals surface area contributed by atoms with Crippen LogP contribution in [0.25, 0.3) is 0 Å². The van der Waals surface area contributed by atoms with Gasteiger partial charge in [0.25, 0.3) is 6.29 Å². The highest BCUT2D eigenvalue weighted by molar-refractivity contribution is 5.71. The highest BCUT2D eigenvalue weighted by Gasteiger charge is 2.25. The van der Waals surface area contributed by atoms with E-state index in [0.717, 1.165) is 38.5 Å². The maximum Gasteiger partial charge on any atom is 0.361 e. The molecule has 2 unspecified atom stereocenters. The van der Waals surface area contributed by atoms with Crippen molar-refractivity contribution in [2.24, 2.45) is 0 Å². The second kappa shape index (κ2) is 32.5. The van der Waals surface area contributed by atoms with Crippen molar-refractivity contribution in [1.29, 1.82) is 0 Å². The average molecular weight is 687 g/mol. The lowest BCUT2D eigenvalue weighted by atomic mass is 10.0. The smallest absolute Gasteiger partial charge is 0.361 e. The van der Waals surface area contributed by atoms with Crippen LogP contribution in [-0.4, -0.2) is 87.4 Å². The van der Waals surface area contributed by atoms with Crippen molar-refractivity contribution in [2.75, 3.05) is 47.5 Å². The van der Waals surface area contributed by atoms with Gasteiger partial charge in [0.05, 0.1) is 34.4 Å². The van der Waals surface area contributed by atoms with E-state index in [1.54, 1.807) is 0 Å². The van der Waals surface area contributed by atoms with Gasteiger partial charge in [-0.15, -0.1) is 0 Å². The number of quaternary nitrogens is 1. The van der Waals surface area contributed by atoms with E-state index in [0.29, 0.717) is 17.4 Å². The van der Waals surface area contributed by atoms with Crippen LogP contribution in [-0.2, 0) is 33.3 Å². The first-order valence-corrected chi connectivity index (χ1v) is 19.7. The van der Waals surface area contributed by atoms with Gasteiger partial charge in [-0.2, -0.15) is 0 Å². The molecule has 0 aromatic carbocycles. The zero-order chi connectivity index (χ0) is 35.7. The van der Waals surface area contributed by atoms with Crippen LogP contribution in [0, 0.1) is 0 Å².